The number of nitrogens with one attached hydrogen (secondary N) is 1. The van der Waals surface area contributed by atoms with Crippen molar-refractivity contribution in [2.75, 3.05) is 20.3 Å². The predicted octanol–water partition coefficient (Wildman–Crippen LogP) is 2.92. The number of ether oxygens (including phenoxy) is 2. The first kappa shape index (κ1) is 16.3. The molecule has 0 heterocycles. The van der Waals surface area contributed by atoms with Crippen LogP contribution in [0, 0.1) is 0 Å². The summed E-state index contributed by atoms with van der Waals surface area (Å²) in [6.45, 7) is 3.25. The molecule has 2 rings (SSSR count). The van der Waals surface area contributed by atoms with Crippen LogP contribution in [0.2, 0.25) is 0 Å². The summed E-state index contributed by atoms with van der Waals surface area (Å²) in [4.78, 5) is 0. The molecule has 0 saturated heterocycles. The molecule has 0 bridgehead atoms. The second-order valence-electron chi connectivity index (χ2n) is 4.94. The maximum absolute atomic E-state index is 9.57. The predicted molar refractivity (Wildman–Crippen MR) is 87.3 cm³/mol. The molecule has 2 aromatic carbocycles. The standard InChI is InChI=1S/C18H23NO3/c1-3-22-17-10-9-14(11-18(17)21-2)12-19-16(13-20)15-7-5-4-6-8-15/h4-11,16,19-20H,3,12-13H2,1-2H3/t16-/m1/s1. The number of hydrogen-bond donors (Lipinski definition) is 2. The van der Waals surface area contributed by atoms with Crippen molar-refractivity contribution in [3.63, 3.8) is 0 Å². The Hall–Kier alpha value is -2.04. The number of aliphatic hydroxyl groups is 1. The molecule has 0 spiro atoms. The molecule has 2 aromatic rings. The topological polar surface area (TPSA) is 50.7 Å². The molecular weight excluding hydrogens is 278 g/mol. The van der Waals surface area contributed by atoms with E-state index >= 15 is 0 Å². The molecule has 0 radical (unpaired) electrons. The van der Waals surface area contributed by atoms with Gasteiger partial charge in [-0.05, 0) is 30.2 Å². The quantitative estimate of drug-likeness (QED) is 0.787. The third kappa shape index (κ3) is 4.23. The second kappa shape index (κ2) is 8.41. The van der Waals surface area contributed by atoms with E-state index in [4.69, 9.17) is 9.47 Å². The van der Waals surface area contributed by atoms with Crippen molar-refractivity contribution in [3.8, 4) is 11.5 Å². The summed E-state index contributed by atoms with van der Waals surface area (Å²) in [5.41, 5.74) is 2.15. The molecule has 4 nitrogen and oxygen atoms in total. The highest BCUT2D eigenvalue weighted by Crippen LogP contribution is 2.28. The lowest BCUT2D eigenvalue weighted by molar-refractivity contribution is 0.243. The number of methoxy groups -OCH3 is 1. The molecule has 0 aromatic heterocycles. The molecule has 118 valence electrons. The van der Waals surface area contributed by atoms with Gasteiger partial charge in [-0.2, -0.15) is 0 Å². The van der Waals surface area contributed by atoms with Crippen LogP contribution >= 0.6 is 0 Å². The van der Waals surface area contributed by atoms with Crippen molar-refractivity contribution in [2.24, 2.45) is 0 Å². The zero-order valence-electron chi connectivity index (χ0n) is 13.1. The minimum Gasteiger partial charge on any atom is -0.493 e. The van der Waals surface area contributed by atoms with Gasteiger partial charge in [0.2, 0.25) is 0 Å². The first-order valence-corrected chi connectivity index (χ1v) is 7.47. The number of benzene rings is 2. The molecule has 1 atom stereocenters. The molecule has 22 heavy (non-hydrogen) atoms. The third-order valence-corrected chi connectivity index (χ3v) is 3.46. The number of rotatable bonds is 8. The summed E-state index contributed by atoms with van der Waals surface area (Å²) in [5.74, 6) is 1.47. The van der Waals surface area contributed by atoms with Crippen molar-refractivity contribution in [1.29, 1.82) is 0 Å². The van der Waals surface area contributed by atoms with Gasteiger partial charge < -0.3 is 19.9 Å². The maximum atomic E-state index is 9.57. The Balaban J connectivity index is 2.04. The van der Waals surface area contributed by atoms with Crippen molar-refractivity contribution in [1.82, 2.24) is 5.32 Å². The SMILES string of the molecule is CCOc1ccc(CN[C@H](CO)c2ccccc2)cc1OC. The highest BCUT2D eigenvalue weighted by Gasteiger charge is 2.10. The van der Waals surface area contributed by atoms with Gasteiger partial charge in [0.25, 0.3) is 0 Å². The molecule has 4 heteroatoms. The van der Waals surface area contributed by atoms with Crippen molar-refractivity contribution < 1.29 is 14.6 Å². The maximum Gasteiger partial charge on any atom is 0.161 e. The van der Waals surface area contributed by atoms with Crippen molar-refractivity contribution in [2.45, 2.75) is 19.5 Å². The van der Waals surface area contributed by atoms with Crippen LogP contribution in [-0.4, -0.2) is 25.4 Å². The Morgan fingerprint density at radius 1 is 1.09 bits per heavy atom. The summed E-state index contributed by atoms with van der Waals surface area (Å²) >= 11 is 0. The molecule has 0 fully saturated rings. The molecular formula is C18H23NO3. The van der Waals surface area contributed by atoms with E-state index in [2.05, 4.69) is 5.32 Å². The fraction of sp³-hybridized carbons (Fsp3) is 0.333. The van der Waals surface area contributed by atoms with Gasteiger partial charge in [0.1, 0.15) is 0 Å². The summed E-state index contributed by atoms with van der Waals surface area (Å²) in [6.07, 6.45) is 0. The third-order valence-electron chi connectivity index (χ3n) is 3.46. The molecule has 0 saturated carbocycles. The summed E-state index contributed by atoms with van der Waals surface area (Å²) in [7, 11) is 1.63. The van der Waals surface area contributed by atoms with Crippen LogP contribution in [0.1, 0.15) is 24.1 Å². The highest BCUT2D eigenvalue weighted by molar-refractivity contribution is 5.43. The fourth-order valence-electron chi connectivity index (χ4n) is 2.31. The smallest absolute Gasteiger partial charge is 0.161 e. The minimum absolute atomic E-state index is 0.0537. The van der Waals surface area contributed by atoms with Crippen LogP contribution in [0.3, 0.4) is 0 Å². The Labute approximate surface area is 131 Å². The molecule has 0 unspecified atom stereocenters. The highest BCUT2D eigenvalue weighted by atomic mass is 16.5. The van der Waals surface area contributed by atoms with Gasteiger partial charge in [0, 0.05) is 6.54 Å². The average molecular weight is 301 g/mol. The molecule has 2 N–H and O–H groups in total. The zero-order valence-corrected chi connectivity index (χ0v) is 13.1. The van der Waals surface area contributed by atoms with Gasteiger partial charge in [-0.15, -0.1) is 0 Å². The Morgan fingerprint density at radius 2 is 1.86 bits per heavy atom. The van der Waals surface area contributed by atoms with E-state index < -0.39 is 0 Å². The van der Waals surface area contributed by atoms with E-state index in [1.54, 1.807) is 7.11 Å². The zero-order chi connectivity index (χ0) is 15.8. The van der Waals surface area contributed by atoms with E-state index in [1.807, 2.05) is 55.5 Å². The minimum atomic E-state index is -0.0845. The Bertz CT molecular complexity index is 572. The first-order chi connectivity index (χ1) is 10.8. The monoisotopic (exact) mass is 301 g/mol. The molecule has 0 aliphatic carbocycles. The normalized spacial score (nSPS) is 12.0. The Kier molecular flexibility index (Phi) is 6.25. The Morgan fingerprint density at radius 3 is 2.50 bits per heavy atom. The van der Waals surface area contributed by atoms with Crippen molar-refractivity contribution in [3.05, 3.63) is 59.7 Å². The van der Waals surface area contributed by atoms with Gasteiger partial charge >= 0.3 is 0 Å². The van der Waals surface area contributed by atoms with Crippen LogP contribution in [0.15, 0.2) is 48.5 Å². The summed E-state index contributed by atoms with van der Waals surface area (Å²) < 4.78 is 10.9. The average Bonchev–Trinajstić information content (AvgIpc) is 2.57. The van der Waals surface area contributed by atoms with Gasteiger partial charge in [0.05, 0.1) is 26.4 Å². The van der Waals surface area contributed by atoms with E-state index in [1.165, 1.54) is 0 Å². The lowest BCUT2D eigenvalue weighted by Gasteiger charge is -2.17. The van der Waals surface area contributed by atoms with Gasteiger partial charge in [0.15, 0.2) is 11.5 Å². The molecule has 0 amide bonds. The van der Waals surface area contributed by atoms with Gasteiger partial charge in [-0.1, -0.05) is 36.4 Å². The van der Waals surface area contributed by atoms with Crippen LogP contribution in [0.5, 0.6) is 11.5 Å². The van der Waals surface area contributed by atoms with Crippen molar-refractivity contribution >= 4 is 0 Å². The fourth-order valence-corrected chi connectivity index (χ4v) is 2.31. The number of aliphatic hydroxyl groups excluding tert-OH is 1. The van der Waals surface area contributed by atoms with Crippen LogP contribution in [0.4, 0.5) is 0 Å². The van der Waals surface area contributed by atoms with E-state index in [0.717, 1.165) is 22.6 Å². The van der Waals surface area contributed by atoms with Crippen LogP contribution in [-0.2, 0) is 6.54 Å². The van der Waals surface area contributed by atoms with E-state index in [9.17, 15) is 5.11 Å². The largest absolute Gasteiger partial charge is 0.493 e. The molecule has 0 aliphatic rings. The lowest BCUT2D eigenvalue weighted by atomic mass is 10.1. The van der Waals surface area contributed by atoms with Gasteiger partial charge in [-0.3, -0.25) is 0 Å². The number of hydrogen-bond acceptors (Lipinski definition) is 4. The molecule has 0 aliphatic heterocycles. The summed E-state index contributed by atoms with van der Waals surface area (Å²) in [6, 6.07) is 15.7. The van der Waals surface area contributed by atoms with Crippen LogP contribution < -0.4 is 14.8 Å². The van der Waals surface area contributed by atoms with Gasteiger partial charge in [-0.25, -0.2) is 0 Å². The van der Waals surface area contributed by atoms with E-state index in [0.29, 0.717) is 13.2 Å². The summed E-state index contributed by atoms with van der Waals surface area (Å²) in [5, 5.41) is 12.9. The second-order valence-corrected chi connectivity index (χ2v) is 4.94. The van der Waals surface area contributed by atoms with Crippen LogP contribution in [0.25, 0.3) is 0 Å². The first-order valence-electron chi connectivity index (χ1n) is 7.47. The lowest BCUT2D eigenvalue weighted by Crippen LogP contribution is -2.23. The van der Waals surface area contributed by atoms with E-state index in [-0.39, 0.29) is 12.6 Å².